The number of halogens is 1. The summed E-state index contributed by atoms with van der Waals surface area (Å²) in [4.78, 5) is 5.41. The molecule has 2 aromatic heterocycles. The van der Waals surface area contributed by atoms with Gasteiger partial charge in [0.1, 0.15) is 11.6 Å². The van der Waals surface area contributed by atoms with Crippen LogP contribution in [0.1, 0.15) is 16.5 Å². The van der Waals surface area contributed by atoms with Crippen molar-refractivity contribution in [2.75, 3.05) is 0 Å². The van der Waals surface area contributed by atoms with Crippen molar-refractivity contribution in [2.24, 2.45) is 0 Å². The Labute approximate surface area is 94.3 Å². The number of hydrogen-bond donors (Lipinski definition) is 0. The highest BCUT2D eigenvalue weighted by Crippen LogP contribution is 2.20. The fourth-order valence-electron chi connectivity index (χ4n) is 1.20. The first-order valence-corrected chi connectivity index (χ1v) is 5.70. The maximum atomic E-state index is 4.29. The smallest absolute Gasteiger partial charge is 0.147 e. The van der Waals surface area contributed by atoms with Gasteiger partial charge in [-0.15, -0.1) is 0 Å². The molecule has 2 heterocycles. The van der Waals surface area contributed by atoms with Gasteiger partial charge in [0.2, 0.25) is 0 Å². The van der Waals surface area contributed by atoms with Crippen LogP contribution in [0.25, 0.3) is 0 Å². The van der Waals surface area contributed by atoms with Gasteiger partial charge in [0.25, 0.3) is 0 Å². The molecule has 0 spiro atoms. The standard InChI is InChI=1S/C8H9BrN4S/c1-5-11-6(2)13(12-5)4-8-7(9)3-10-14-8/h3H,4H2,1-2H3. The summed E-state index contributed by atoms with van der Waals surface area (Å²) in [5, 5.41) is 4.29. The second-order valence-electron chi connectivity index (χ2n) is 2.96. The Morgan fingerprint density at radius 3 is 2.79 bits per heavy atom. The van der Waals surface area contributed by atoms with Gasteiger partial charge in [-0.3, -0.25) is 0 Å². The van der Waals surface area contributed by atoms with Crippen molar-refractivity contribution in [1.82, 2.24) is 19.1 Å². The van der Waals surface area contributed by atoms with Crippen molar-refractivity contribution in [3.05, 3.63) is 27.2 Å². The molecule has 0 atom stereocenters. The molecular weight excluding hydrogens is 264 g/mol. The molecule has 2 rings (SSSR count). The first kappa shape index (κ1) is 9.79. The molecule has 0 bridgehead atoms. The summed E-state index contributed by atoms with van der Waals surface area (Å²) in [5.41, 5.74) is 0. The molecule has 0 unspecified atom stereocenters. The van der Waals surface area contributed by atoms with E-state index < -0.39 is 0 Å². The third-order valence-electron chi connectivity index (χ3n) is 1.85. The van der Waals surface area contributed by atoms with Crippen LogP contribution in [0, 0.1) is 13.8 Å². The highest BCUT2D eigenvalue weighted by Gasteiger charge is 2.07. The van der Waals surface area contributed by atoms with Gasteiger partial charge >= 0.3 is 0 Å². The molecule has 0 aliphatic rings. The van der Waals surface area contributed by atoms with E-state index in [1.165, 1.54) is 11.5 Å². The third kappa shape index (κ3) is 1.85. The van der Waals surface area contributed by atoms with Gasteiger partial charge in [-0.05, 0) is 41.3 Å². The molecule has 0 aromatic carbocycles. The van der Waals surface area contributed by atoms with Crippen LogP contribution in [0.5, 0.6) is 0 Å². The quantitative estimate of drug-likeness (QED) is 0.842. The molecule has 0 radical (unpaired) electrons. The molecular formula is C8H9BrN4S. The first-order valence-electron chi connectivity index (χ1n) is 4.14. The second kappa shape index (κ2) is 3.78. The topological polar surface area (TPSA) is 43.6 Å². The van der Waals surface area contributed by atoms with Crippen LogP contribution < -0.4 is 0 Å². The average Bonchev–Trinajstić information content (AvgIpc) is 2.62. The molecule has 0 fully saturated rings. The summed E-state index contributed by atoms with van der Waals surface area (Å²) in [6, 6.07) is 0. The fraction of sp³-hybridized carbons (Fsp3) is 0.375. The Kier molecular flexibility index (Phi) is 2.64. The molecule has 0 amide bonds. The number of hydrogen-bond acceptors (Lipinski definition) is 4. The Balaban J connectivity index is 2.27. The van der Waals surface area contributed by atoms with Crippen molar-refractivity contribution in [1.29, 1.82) is 0 Å². The summed E-state index contributed by atoms with van der Waals surface area (Å²) >= 11 is 4.92. The molecule has 2 aromatic rings. The first-order chi connectivity index (χ1) is 6.66. The van der Waals surface area contributed by atoms with E-state index in [0.717, 1.165) is 27.5 Å². The Morgan fingerprint density at radius 1 is 1.50 bits per heavy atom. The molecule has 0 aliphatic heterocycles. The van der Waals surface area contributed by atoms with Crippen LogP contribution in [-0.2, 0) is 6.54 Å². The lowest BCUT2D eigenvalue weighted by atomic mass is 10.5. The van der Waals surface area contributed by atoms with E-state index in [4.69, 9.17) is 0 Å². The number of rotatable bonds is 2. The van der Waals surface area contributed by atoms with Gasteiger partial charge in [0.15, 0.2) is 0 Å². The van der Waals surface area contributed by atoms with E-state index in [0.29, 0.717) is 0 Å². The minimum absolute atomic E-state index is 0.734. The van der Waals surface area contributed by atoms with Crippen LogP contribution in [0.3, 0.4) is 0 Å². The van der Waals surface area contributed by atoms with Crippen LogP contribution in [0.4, 0.5) is 0 Å². The maximum Gasteiger partial charge on any atom is 0.147 e. The summed E-state index contributed by atoms with van der Waals surface area (Å²) in [5.74, 6) is 1.74. The Bertz CT molecular complexity index is 448. The predicted molar refractivity (Wildman–Crippen MR) is 58.4 cm³/mol. The van der Waals surface area contributed by atoms with E-state index >= 15 is 0 Å². The monoisotopic (exact) mass is 272 g/mol. The van der Waals surface area contributed by atoms with Gasteiger partial charge in [-0.25, -0.2) is 9.67 Å². The van der Waals surface area contributed by atoms with Crippen molar-refractivity contribution in [3.63, 3.8) is 0 Å². The van der Waals surface area contributed by atoms with Gasteiger partial charge in [0.05, 0.1) is 22.1 Å². The lowest BCUT2D eigenvalue weighted by Crippen LogP contribution is -2.03. The lowest BCUT2D eigenvalue weighted by molar-refractivity contribution is 0.662. The summed E-state index contributed by atoms with van der Waals surface area (Å²) < 4.78 is 7.01. The van der Waals surface area contributed by atoms with Gasteiger partial charge in [-0.1, -0.05) is 0 Å². The van der Waals surface area contributed by atoms with E-state index in [9.17, 15) is 0 Å². The fourth-order valence-corrected chi connectivity index (χ4v) is 2.39. The van der Waals surface area contributed by atoms with Crippen molar-refractivity contribution >= 4 is 27.5 Å². The predicted octanol–water partition coefficient (Wildman–Crippen LogP) is 2.16. The minimum Gasteiger partial charge on any atom is -0.245 e. The van der Waals surface area contributed by atoms with Crippen LogP contribution in [0.15, 0.2) is 10.7 Å². The molecule has 0 N–H and O–H groups in total. The zero-order chi connectivity index (χ0) is 10.1. The number of aryl methyl sites for hydroxylation is 2. The highest BCUT2D eigenvalue weighted by atomic mass is 79.9. The van der Waals surface area contributed by atoms with Crippen molar-refractivity contribution < 1.29 is 0 Å². The summed E-state index contributed by atoms with van der Waals surface area (Å²) in [6.45, 7) is 4.58. The second-order valence-corrected chi connectivity index (χ2v) is 4.70. The molecule has 6 heteroatoms. The van der Waals surface area contributed by atoms with Crippen LogP contribution >= 0.6 is 27.5 Å². The summed E-state index contributed by atoms with van der Waals surface area (Å²) in [6.07, 6.45) is 1.80. The number of nitrogens with zero attached hydrogens (tertiary/aromatic N) is 4. The minimum atomic E-state index is 0.734. The maximum absolute atomic E-state index is 4.29. The molecule has 4 nitrogen and oxygen atoms in total. The molecule has 74 valence electrons. The average molecular weight is 273 g/mol. The van der Waals surface area contributed by atoms with Gasteiger partial charge in [0, 0.05) is 0 Å². The SMILES string of the molecule is Cc1nc(C)n(Cc2sncc2Br)n1. The molecule has 0 saturated carbocycles. The van der Waals surface area contributed by atoms with Crippen LogP contribution in [-0.4, -0.2) is 19.1 Å². The Hall–Kier alpha value is -0.750. The van der Waals surface area contributed by atoms with Crippen molar-refractivity contribution in [2.45, 2.75) is 20.4 Å². The van der Waals surface area contributed by atoms with Gasteiger partial charge < -0.3 is 0 Å². The lowest BCUT2D eigenvalue weighted by Gasteiger charge is -1.99. The highest BCUT2D eigenvalue weighted by molar-refractivity contribution is 9.10. The normalized spacial score (nSPS) is 10.8. The van der Waals surface area contributed by atoms with E-state index in [1.54, 1.807) is 6.20 Å². The molecule has 14 heavy (non-hydrogen) atoms. The van der Waals surface area contributed by atoms with E-state index in [1.807, 2.05) is 18.5 Å². The number of aromatic nitrogens is 4. The molecule has 0 aliphatic carbocycles. The van der Waals surface area contributed by atoms with Gasteiger partial charge in [-0.2, -0.15) is 9.47 Å². The largest absolute Gasteiger partial charge is 0.245 e. The van der Waals surface area contributed by atoms with E-state index in [2.05, 4.69) is 30.4 Å². The summed E-state index contributed by atoms with van der Waals surface area (Å²) in [7, 11) is 0. The zero-order valence-electron chi connectivity index (χ0n) is 7.86. The van der Waals surface area contributed by atoms with E-state index in [-0.39, 0.29) is 0 Å². The molecule has 0 saturated heterocycles. The third-order valence-corrected chi connectivity index (χ3v) is 3.58. The van der Waals surface area contributed by atoms with Crippen molar-refractivity contribution in [3.8, 4) is 0 Å². The zero-order valence-corrected chi connectivity index (χ0v) is 10.3. The van der Waals surface area contributed by atoms with Crippen LogP contribution in [0.2, 0.25) is 0 Å². The Morgan fingerprint density at radius 2 is 2.29 bits per heavy atom.